The summed E-state index contributed by atoms with van der Waals surface area (Å²) in [6.45, 7) is 3.27. The van der Waals surface area contributed by atoms with E-state index in [9.17, 15) is 61.5 Å². The molecule has 0 bridgehead atoms. The van der Waals surface area contributed by atoms with E-state index in [4.69, 9.17) is 11.5 Å². The minimum absolute atomic E-state index is 0. The Morgan fingerprint density at radius 1 is 0.500 bits per heavy atom. The Morgan fingerprint density at radius 3 is 1.10 bits per heavy atom. The summed E-state index contributed by atoms with van der Waals surface area (Å²) in [5.74, 6) is -2.27. The SMILES string of the molecule is Cc1cc(-c2ccc(N/N=C3\C(=O)c4c(N)cc(S(=O)(=O)[O-])cc4C=C3S(=O)(=O)[O-])c(C)c2)ccc1N/N=C1\C(=O)c2c(N)cc(S(=O)(=O)[O-])cc2C=C1S(=O)(=O)[O-].[Na+].[Na+].[Na+].[Na+]. The van der Waals surface area contributed by atoms with Crippen molar-refractivity contribution in [2.45, 2.75) is 23.6 Å². The van der Waals surface area contributed by atoms with Gasteiger partial charge in [0.05, 0.1) is 42.1 Å². The second-order valence-corrected chi connectivity index (χ2v) is 18.1. The molecule has 0 unspecified atom stereocenters. The maximum atomic E-state index is 13.3. The molecule has 0 fully saturated rings. The van der Waals surface area contributed by atoms with Gasteiger partial charge in [-0.1, -0.05) is 12.1 Å². The number of carbonyl (C=O) groups is 2. The van der Waals surface area contributed by atoms with Gasteiger partial charge in [-0.3, -0.25) is 20.4 Å². The third-order valence-electron chi connectivity index (χ3n) is 8.75. The van der Waals surface area contributed by atoms with Gasteiger partial charge in [0.25, 0.3) is 0 Å². The molecule has 6 N–H and O–H groups in total. The van der Waals surface area contributed by atoms with Crippen molar-refractivity contribution in [2.24, 2.45) is 10.2 Å². The zero-order valence-electron chi connectivity index (χ0n) is 33.3. The van der Waals surface area contributed by atoms with Crippen molar-refractivity contribution in [1.29, 1.82) is 0 Å². The summed E-state index contributed by atoms with van der Waals surface area (Å²) < 4.78 is 142. The first-order valence-electron chi connectivity index (χ1n) is 15.9. The molecular weight excluding hydrogens is 937 g/mol. The van der Waals surface area contributed by atoms with Crippen molar-refractivity contribution in [1.82, 2.24) is 0 Å². The van der Waals surface area contributed by atoms with Crippen LogP contribution in [0.1, 0.15) is 43.0 Å². The fourth-order valence-corrected chi connectivity index (χ4v) is 8.38. The van der Waals surface area contributed by atoms with Gasteiger partial charge in [-0.15, -0.1) is 0 Å². The largest absolute Gasteiger partial charge is 1.00 e. The van der Waals surface area contributed by atoms with Gasteiger partial charge < -0.3 is 29.7 Å². The molecule has 0 heterocycles. The summed E-state index contributed by atoms with van der Waals surface area (Å²) in [5.41, 5.74) is 15.4. The molecule has 0 saturated carbocycles. The van der Waals surface area contributed by atoms with Crippen molar-refractivity contribution >= 4 is 98.4 Å². The van der Waals surface area contributed by atoms with Gasteiger partial charge in [-0.2, -0.15) is 10.2 Å². The first-order chi connectivity index (χ1) is 26.8. The van der Waals surface area contributed by atoms with Crippen LogP contribution in [0.25, 0.3) is 23.3 Å². The number of hydrazone groups is 2. The van der Waals surface area contributed by atoms with Crippen LogP contribution in [-0.2, 0) is 40.5 Å². The Balaban J connectivity index is 0.00000331. The quantitative estimate of drug-likeness (QED) is 0.0524. The van der Waals surface area contributed by atoms with Crippen LogP contribution in [0.5, 0.6) is 0 Å². The zero-order chi connectivity index (χ0) is 42.9. The molecule has 20 nitrogen and oxygen atoms in total. The number of hydrogen-bond acceptors (Lipinski definition) is 20. The monoisotopic (exact) mass is 960 g/mol. The van der Waals surface area contributed by atoms with Gasteiger partial charge in [0.15, 0.2) is 0 Å². The van der Waals surface area contributed by atoms with Gasteiger partial charge in [0.2, 0.25) is 11.6 Å². The van der Waals surface area contributed by atoms with E-state index >= 15 is 0 Å². The number of carbonyl (C=O) groups excluding carboxylic acids is 2. The van der Waals surface area contributed by atoms with E-state index < -0.39 is 94.4 Å². The minimum Gasteiger partial charge on any atom is -0.744 e. The average Bonchev–Trinajstić information content (AvgIpc) is 3.09. The normalized spacial score (nSPS) is 15.1. The number of anilines is 4. The number of hydrogen-bond donors (Lipinski definition) is 4. The summed E-state index contributed by atoms with van der Waals surface area (Å²) >= 11 is 0. The predicted octanol–water partition coefficient (Wildman–Crippen LogP) is -9.94. The number of allylic oxidation sites excluding steroid dienone is 2. The van der Waals surface area contributed by atoms with E-state index in [2.05, 4.69) is 21.1 Å². The number of benzene rings is 4. The number of fused-ring (bicyclic) bond motifs is 2. The van der Waals surface area contributed by atoms with Crippen molar-refractivity contribution in [3.05, 3.63) is 104 Å². The molecule has 0 atom stereocenters. The summed E-state index contributed by atoms with van der Waals surface area (Å²) in [6, 6.07) is 12.5. The molecule has 4 aromatic carbocycles. The van der Waals surface area contributed by atoms with Gasteiger partial charge in [0, 0.05) is 11.4 Å². The summed E-state index contributed by atoms with van der Waals surface area (Å²) in [4.78, 5) is 22.8. The third kappa shape index (κ3) is 11.8. The molecule has 4 aromatic rings. The van der Waals surface area contributed by atoms with Crippen LogP contribution in [0.3, 0.4) is 0 Å². The number of nitrogens with one attached hydrogen (secondary N) is 2. The third-order valence-corrected chi connectivity index (χ3v) is 12.1. The van der Waals surface area contributed by atoms with Crippen LogP contribution >= 0.6 is 0 Å². The van der Waals surface area contributed by atoms with Crippen LogP contribution in [0.2, 0.25) is 0 Å². The topological polar surface area (TPSA) is 364 Å². The molecule has 2 aliphatic carbocycles. The Morgan fingerprint density at radius 2 is 0.823 bits per heavy atom. The number of Topliss-reactive ketones (excluding diaryl/α,β-unsaturated/α-hetero) is 2. The molecule has 0 saturated heterocycles. The molecule has 0 radical (unpaired) electrons. The predicted molar refractivity (Wildman–Crippen MR) is 205 cm³/mol. The fraction of sp³-hybridized carbons (Fsp3) is 0.0588. The van der Waals surface area contributed by atoms with E-state index in [1.54, 1.807) is 38.1 Å². The van der Waals surface area contributed by atoms with E-state index in [1.165, 1.54) is 12.1 Å². The molecule has 62 heavy (non-hydrogen) atoms. The van der Waals surface area contributed by atoms with Crippen molar-refractivity contribution in [3.63, 3.8) is 0 Å². The van der Waals surface area contributed by atoms with Crippen LogP contribution < -0.4 is 141 Å². The standard InChI is InChI=1S/C34H28N6O14S4.4Na/c1-15-7-17(3-5-25(15)37-39-31-27(57(49,50)51)11-19-9-21(55(43,44)45)13-23(35)29(19)33(31)41)18-4-6-26(16(2)8-18)38-40-32-28(58(52,53)54)12-20-10-22(56(46,47)48)14-24(36)30(20)34(32)42;;;;/h3-14,37-38H,35-36H2,1-2H3,(H,43,44,45)(H,46,47,48)(H,49,50,51)(H,52,53,54);;;;/q;4*+1/p-4/b39-31-,40-32-;;;;. The molecule has 0 aliphatic heterocycles. The smallest absolute Gasteiger partial charge is 0.744 e. The van der Waals surface area contributed by atoms with E-state index in [1.807, 2.05) is 0 Å². The van der Waals surface area contributed by atoms with E-state index in [-0.39, 0.29) is 152 Å². The maximum Gasteiger partial charge on any atom is 1.00 e. The molecule has 0 spiro atoms. The maximum absolute atomic E-state index is 13.3. The molecule has 28 heteroatoms. The number of ketones is 2. The minimum atomic E-state index is -5.37. The number of rotatable bonds is 9. The van der Waals surface area contributed by atoms with Crippen molar-refractivity contribution < 1.29 is 180 Å². The summed E-state index contributed by atoms with van der Waals surface area (Å²) in [5, 5.41) is 7.77. The average molecular weight is 961 g/mol. The Bertz CT molecular complexity index is 2950. The summed E-state index contributed by atoms with van der Waals surface area (Å²) in [6.07, 6.45) is 1.39. The second-order valence-electron chi connectivity index (χ2n) is 12.6. The molecule has 0 aromatic heterocycles. The first kappa shape index (κ1) is 56.0. The number of nitrogens with two attached hydrogens (primary N) is 2. The molecule has 2 aliphatic rings. The molecule has 302 valence electrons. The van der Waals surface area contributed by atoms with Crippen molar-refractivity contribution in [3.8, 4) is 11.1 Å². The Hall–Kier alpha value is -2.12. The van der Waals surface area contributed by atoms with E-state index in [0.717, 1.165) is 24.3 Å². The Kier molecular flexibility index (Phi) is 18.6. The first-order valence-corrected chi connectivity index (χ1v) is 21.5. The van der Waals surface area contributed by atoms with Crippen molar-refractivity contribution in [2.75, 3.05) is 22.3 Å². The number of aryl methyl sites for hydroxylation is 2. The second kappa shape index (κ2) is 20.6. The van der Waals surface area contributed by atoms with Gasteiger partial charge in [-0.25, -0.2) is 33.7 Å². The van der Waals surface area contributed by atoms with Gasteiger partial charge in [0.1, 0.15) is 51.9 Å². The van der Waals surface area contributed by atoms with Crippen LogP contribution in [0.15, 0.2) is 90.5 Å². The van der Waals surface area contributed by atoms with Gasteiger partial charge in [-0.05, 0) is 108 Å². The van der Waals surface area contributed by atoms with E-state index in [0.29, 0.717) is 34.4 Å². The Labute approximate surface area is 443 Å². The zero-order valence-corrected chi connectivity index (χ0v) is 44.6. The molecule has 6 rings (SSSR count). The fourth-order valence-electron chi connectivity index (χ4n) is 6.00. The number of nitrogens with zero attached hydrogens (tertiary/aromatic N) is 2. The number of nitrogen functional groups attached to an aromatic ring is 2. The van der Waals surface area contributed by atoms with Crippen LogP contribution in [-0.4, -0.2) is 74.9 Å². The molecular formula is C34H24N6Na4O14S4. The molecule has 0 amide bonds. The van der Waals surface area contributed by atoms with Crippen LogP contribution in [0, 0.1) is 13.8 Å². The van der Waals surface area contributed by atoms with Crippen LogP contribution in [0.4, 0.5) is 22.7 Å². The van der Waals surface area contributed by atoms with Gasteiger partial charge >= 0.3 is 118 Å². The summed E-state index contributed by atoms with van der Waals surface area (Å²) in [7, 11) is -20.9.